The molecule has 72 valence electrons. The summed E-state index contributed by atoms with van der Waals surface area (Å²) in [5.41, 5.74) is 0. The van der Waals surface area contributed by atoms with Gasteiger partial charge in [-0.05, 0) is 26.0 Å². The van der Waals surface area contributed by atoms with Crippen molar-refractivity contribution < 1.29 is 4.74 Å². The normalized spacial score (nSPS) is 10.2. The van der Waals surface area contributed by atoms with Gasteiger partial charge < -0.3 is 9.64 Å². The summed E-state index contributed by atoms with van der Waals surface area (Å²) in [5.74, 6) is 1.76. The minimum atomic E-state index is 0.459. The van der Waals surface area contributed by atoms with Gasteiger partial charge in [0.25, 0.3) is 0 Å². The molecule has 0 amide bonds. The van der Waals surface area contributed by atoms with E-state index in [0.29, 0.717) is 6.04 Å². The van der Waals surface area contributed by atoms with Crippen LogP contribution in [-0.4, -0.2) is 25.2 Å². The summed E-state index contributed by atoms with van der Waals surface area (Å²) in [6.07, 6.45) is 1.73. The van der Waals surface area contributed by atoms with Crippen LogP contribution < -0.4 is 9.64 Å². The Kier molecular flexibility index (Phi) is 3.12. The molecule has 0 spiro atoms. The van der Waals surface area contributed by atoms with Gasteiger partial charge in [-0.2, -0.15) is 0 Å². The zero-order valence-corrected chi connectivity index (χ0v) is 8.61. The van der Waals surface area contributed by atoms with Gasteiger partial charge in [-0.3, -0.25) is 0 Å². The first-order valence-electron chi connectivity index (χ1n) is 4.38. The van der Waals surface area contributed by atoms with Gasteiger partial charge in [-0.25, -0.2) is 4.98 Å². The fraction of sp³-hybridized carbons (Fsp3) is 0.500. The zero-order chi connectivity index (χ0) is 9.84. The number of pyridine rings is 1. The third kappa shape index (κ3) is 2.34. The molecule has 0 saturated carbocycles. The van der Waals surface area contributed by atoms with Crippen molar-refractivity contribution in [3.05, 3.63) is 18.3 Å². The molecule has 0 atom stereocenters. The van der Waals surface area contributed by atoms with Crippen LogP contribution >= 0.6 is 0 Å². The van der Waals surface area contributed by atoms with E-state index in [1.807, 2.05) is 19.2 Å². The van der Waals surface area contributed by atoms with Crippen LogP contribution in [0.1, 0.15) is 13.8 Å². The molecule has 0 aliphatic rings. The topological polar surface area (TPSA) is 25.4 Å². The van der Waals surface area contributed by atoms with E-state index in [-0.39, 0.29) is 0 Å². The lowest BCUT2D eigenvalue weighted by Crippen LogP contribution is -2.26. The van der Waals surface area contributed by atoms with Crippen molar-refractivity contribution in [1.29, 1.82) is 0 Å². The number of nitrogens with zero attached hydrogens (tertiary/aromatic N) is 2. The van der Waals surface area contributed by atoms with Crippen molar-refractivity contribution in [3.63, 3.8) is 0 Å². The molecule has 0 aliphatic carbocycles. The van der Waals surface area contributed by atoms with Crippen LogP contribution in [-0.2, 0) is 0 Å². The van der Waals surface area contributed by atoms with Crippen molar-refractivity contribution in [2.45, 2.75) is 19.9 Å². The maximum atomic E-state index is 5.03. The summed E-state index contributed by atoms with van der Waals surface area (Å²) in [4.78, 5) is 6.38. The number of methoxy groups -OCH3 is 1. The summed E-state index contributed by atoms with van der Waals surface area (Å²) in [6, 6.07) is 4.33. The molecule has 0 aromatic carbocycles. The van der Waals surface area contributed by atoms with Gasteiger partial charge in [0, 0.05) is 13.1 Å². The molecular weight excluding hydrogens is 164 g/mol. The van der Waals surface area contributed by atoms with E-state index in [0.717, 1.165) is 11.6 Å². The van der Waals surface area contributed by atoms with Crippen molar-refractivity contribution in [1.82, 2.24) is 4.98 Å². The lowest BCUT2D eigenvalue weighted by molar-refractivity contribution is 0.413. The fourth-order valence-corrected chi connectivity index (χ4v) is 0.966. The van der Waals surface area contributed by atoms with Gasteiger partial charge in [0.1, 0.15) is 11.6 Å². The molecule has 0 aliphatic heterocycles. The third-order valence-electron chi connectivity index (χ3n) is 2.09. The van der Waals surface area contributed by atoms with Crippen molar-refractivity contribution in [2.24, 2.45) is 0 Å². The first-order chi connectivity index (χ1) is 6.15. The molecular formula is C10H16N2O. The molecule has 0 fully saturated rings. The highest BCUT2D eigenvalue weighted by atomic mass is 16.5. The lowest BCUT2D eigenvalue weighted by Gasteiger charge is -2.22. The van der Waals surface area contributed by atoms with Crippen LogP contribution in [0.25, 0.3) is 0 Å². The largest absolute Gasteiger partial charge is 0.495 e. The first kappa shape index (κ1) is 9.84. The second-order valence-electron chi connectivity index (χ2n) is 3.26. The molecule has 1 heterocycles. The van der Waals surface area contributed by atoms with E-state index in [4.69, 9.17) is 4.74 Å². The second kappa shape index (κ2) is 4.12. The van der Waals surface area contributed by atoms with Crippen molar-refractivity contribution in [3.8, 4) is 5.75 Å². The summed E-state index contributed by atoms with van der Waals surface area (Å²) < 4.78 is 5.03. The van der Waals surface area contributed by atoms with Crippen molar-refractivity contribution >= 4 is 5.82 Å². The Labute approximate surface area is 79.3 Å². The standard InChI is InChI=1S/C10H16N2O/c1-8(2)12(3)10-6-5-9(13-4)7-11-10/h5-8H,1-4H3. The molecule has 0 saturated heterocycles. The Hall–Kier alpha value is -1.25. The Bertz CT molecular complexity index is 256. The Morgan fingerprint density at radius 3 is 2.46 bits per heavy atom. The van der Waals surface area contributed by atoms with E-state index in [2.05, 4.69) is 23.7 Å². The Morgan fingerprint density at radius 2 is 2.08 bits per heavy atom. The average Bonchev–Trinajstić information content (AvgIpc) is 2.17. The van der Waals surface area contributed by atoms with Gasteiger partial charge in [0.05, 0.1) is 13.3 Å². The molecule has 3 nitrogen and oxygen atoms in total. The van der Waals surface area contributed by atoms with Gasteiger partial charge in [-0.15, -0.1) is 0 Å². The third-order valence-corrected chi connectivity index (χ3v) is 2.09. The smallest absolute Gasteiger partial charge is 0.137 e. The second-order valence-corrected chi connectivity index (χ2v) is 3.26. The van der Waals surface area contributed by atoms with Crippen molar-refractivity contribution in [2.75, 3.05) is 19.1 Å². The van der Waals surface area contributed by atoms with Gasteiger partial charge in [-0.1, -0.05) is 0 Å². The number of hydrogen-bond donors (Lipinski definition) is 0. The minimum absolute atomic E-state index is 0.459. The number of hydrogen-bond acceptors (Lipinski definition) is 3. The number of anilines is 1. The molecule has 0 unspecified atom stereocenters. The molecule has 1 aromatic heterocycles. The summed E-state index contributed by atoms with van der Waals surface area (Å²) >= 11 is 0. The average molecular weight is 180 g/mol. The monoisotopic (exact) mass is 180 g/mol. The number of rotatable bonds is 3. The molecule has 0 N–H and O–H groups in total. The van der Waals surface area contributed by atoms with Crippen LogP contribution in [0.5, 0.6) is 5.75 Å². The van der Waals surface area contributed by atoms with Crippen LogP contribution in [0.3, 0.4) is 0 Å². The lowest BCUT2D eigenvalue weighted by atomic mass is 10.3. The van der Waals surface area contributed by atoms with E-state index in [1.54, 1.807) is 13.3 Å². The number of ether oxygens (including phenoxy) is 1. The molecule has 3 heteroatoms. The van der Waals surface area contributed by atoms with Crippen LogP contribution in [0.4, 0.5) is 5.82 Å². The maximum absolute atomic E-state index is 5.03. The highest BCUT2D eigenvalue weighted by molar-refractivity contribution is 5.40. The Morgan fingerprint density at radius 1 is 1.38 bits per heavy atom. The highest BCUT2D eigenvalue weighted by Gasteiger charge is 2.05. The molecule has 1 rings (SSSR count). The van der Waals surface area contributed by atoms with E-state index in [1.165, 1.54) is 0 Å². The van der Waals surface area contributed by atoms with Gasteiger partial charge in [0.15, 0.2) is 0 Å². The number of aromatic nitrogens is 1. The van der Waals surface area contributed by atoms with Crippen LogP contribution in [0.2, 0.25) is 0 Å². The minimum Gasteiger partial charge on any atom is -0.495 e. The molecule has 0 bridgehead atoms. The SMILES string of the molecule is COc1ccc(N(C)C(C)C)nc1. The Balaban J connectivity index is 2.79. The van der Waals surface area contributed by atoms with E-state index >= 15 is 0 Å². The first-order valence-corrected chi connectivity index (χ1v) is 4.38. The van der Waals surface area contributed by atoms with Gasteiger partial charge in [0.2, 0.25) is 0 Å². The molecule has 1 aromatic rings. The van der Waals surface area contributed by atoms with E-state index in [9.17, 15) is 0 Å². The maximum Gasteiger partial charge on any atom is 0.137 e. The van der Waals surface area contributed by atoms with Crippen LogP contribution in [0, 0.1) is 0 Å². The highest BCUT2D eigenvalue weighted by Crippen LogP contribution is 2.15. The van der Waals surface area contributed by atoms with E-state index < -0.39 is 0 Å². The molecule has 13 heavy (non-hydrogen) atoms. The summed E-state index contributed by atoms with van der Waals surface area (Å²) in [7, 11) is 3.67. The fourth-order valence-electron chi connectivity index (χ4n) is 0.966. The summed E-state index contributed by atoms with van der Waals surface area (Å²) in [6.45, 7) is 4.26. The quantitative estimate of drug-likeness (QED) is 0.710. The molecule has 0 radical (unpaired) electrons. The zero-order valence-electron chi connectivity index (χ0n) is 8.61. The summed E-state index contributed by atoms with van der Waals surface area (Å²) in [5, 5.41) is 0. The predicted octanol–water partition coefficient (Wildman–Crippen LogP) is 1.93. The van der Waals surface area contributed by atoms with Gasteiger partial charge >= 0.3 is 0 Å². The predicted molar refractivity (Wildman–Crippen MR) is 54.3 cm³/mol. The van der Waals surface area contributed by atoms with Crippen LogP contribution in [0.15, 0.2) is 18.3 Å².